The SMILES string of the molecule is CC(c1ccco1)N(C)S(C)(=O)=O. The van der Waals surface area contributed by atoms with Crippen LogP contribution in [0.2, 0.25) is 0 Å². The number of furan rings is 1. The van der Waals surface area contributed by atoms with Gasteiger partial charge in [0.15, 0.2) is 0 Å². The number of hydrogen-bond donors (Lipinski definition) is 0. The summed E-state index contributed by atoms with van der Waals surface area (Å²) in [5.41, 5.74) is 0. The molecule has 1 unspecified atom stereocenters. The molecule has 1 rings (SSSR count). The number of rotatable bonds is 3. The van der Waals surface area contributed by atoms with Crippen LogP contribution in [-0.2, 0) is 10.0 Å². The van der Waals surface area contributed by atoms with Crippen molar-refractivity contribution >= 4 is 10.0 Å². The zero-order valence-corrected chi connectivity index (χ0v) is 8.71. The molecule has 1 heterocycles. The minimum atomic E-state index is -3.15. The molecule has 1 atom stereocenters. The van der Waals surface area contributed by atoms with E-state index in [1.165, 1.54) is 23.9 Å². The average molecular weight is 203 g/mol. The fourth-order valence-electron chi connectivity index (χ4n) is 0.995. The van der Waals surface area contributed by atoms with Gasteiger partial charge in [0.25, 0.3) is 0 Å². The van der Waals surface area contributed by atoms with E-state index in [2.05, 4.69) is 0 Å². The molecule has 0 saturated carbocycles. The predicted octanol–water partition coefficient (Wildman–Crippen LogP) is 1.23. The van der Waals surface area contributed by atoms with Crippen molar-refractivity contribution in [2.45, 2.75) is 13.0 Å². The lowest BCUT2D eigenvalue weighted by Crippen LogP contribution is -2.28. The molecule has 0 aliphatic carbocycles. The van der Waals surface area contributed by atoms with Gasteiger partial charge in [-0.15, -0.1) is 0 Å². The lowest BCUT2D eigenvalue weighted by atomic mass is 10.3. The van der Waals surface area contributed by atoms with Crippen LogP contribution in [0.15, 0.2) is 22.8 Å². The summed E-state index contributed by atoms with van der Waals surface area (Å²) < 4.78 is 28.7. The second-order valence-electron chi connectivity index (χ2n) is 2.97. The molecule has 0 aliphatic rings. The van der Waals surface area contributed by atoms with Gasteiger partial charge in [0.1, 0.15) is 5.76 Å². The van der Waals surface area contributed by atoms with E-state index in [1.54, 1.807) is 19.1 Å². The van der Waals surface area contributed by atoms with E-state index in [1.807, 2.05) is 0 Å². The molecule has 74 valence electrons. The summed E-state index contributed by atoms with van der Waals surface area (Å²) in [6.07, 6.45) is 2.70. The van der Waals surface area contributed by atoms with Crippen molar-refractivity contribution in [1.82, 2.24) is 4.31 Å². The molecule has 1 aromatic heterocycles. The highest BCUT2D eigenvalue weighted by molar-refractivity contribution is 7.88. The van der Waals surface area contributed by atoms with E-state index in [0.29, 0.717) is 5.76 Å². The average Bonchev–Trinajstić information content (AvgIpc) is 2.51. The predicted molar refractivity (Wildman–Crippen MR) is 49.7 cm³/mol. The zero-order chi connectivity index (χ0) is 10.1. The molecule has 0 saturated heterocycles. The van der Waals surface area contributed by atoms with Gasteiger partial charge >= 0.3 is 0 Å². The van der Waals surface area contributed by atoms with Crippen molar-refractivity contribution in [3.8, 4) is 0 Å². The Bertz CT molecular complexity index is 355. The third kappa shape index (κ3) is 2.32. The van der Waals surface area contributed by atoms with Crippen LogP contribution in [0.4, 0.5) is 0 Å². The van der Waals surface area contributed by atoms with Gasteiger partial charge in [-0.25, -0.2) is 8.42 Å². The Morgan fingerprint density at radius 3 is 2.54 bits per heavy atom. The smallest absolute Gasteiger partial charge is 0.211 e. The lowest BCUT2D eigenvalue weighted by Gasteiger charge is -2.20. The third-order valence-corrected chi connectivity index (χ3v) is 3.39. The Balaban J connectivity index is 2.86. The number of hydrogen-bond acceptors (Lipinski definition) is 3. The maximum absolute atomic E-state index is 11.2. The van der Waals surface area contributed by atoms with Crippen molar-refractivity contribution in [1.29, 1.82) is 0 Å². The van der Waals surface area contributed by atoms with Crippen molar-refractivity contribution in [3.63, 3.8) is 0 Å². The summed E-state index contributed by atoms with van der Waals surface area (Å²) in [5.74, 6) is 0.646. The van der Waals surface area contributed by atoms with Crippen molar-refractivity contribution in [2.75, 3.05) is 13.3 Å². The van der Waals surface area contributed by atoms with Crippen LogP contribution >= 0.6 is 0 Å². The van der Waals surface area contributed by atoms with E-state index in [-0.39, 0.29) is 6.04 Å². The molecule has 0 amide bonds. The molecule has 5 heteroatoms. The third-order valence-electron chi connectivity index (χ3n) is 2.02. The fraction of sp³-hybridized carbons (Fsp3) is 0.500. The summed E-state index contributed by atoms with van der Waals surface area (Å²) in [5, 5.41) is 0. The van der Waals surface area contributed by atoms with E-state index in [4.69, 9.17) is 4.42 Å². The van der Waals surface area contributed by atoms with Gasteiger partial charge < -0.3 is 4.42 Å². The van der Waals surface area contributed by atoms with Gasteiger partial charge in [0.05, 0.1) is 18.6 Å². The second kappa shape index (κ2) is 3.51. The van der Waals surface area contributed by atoms with Gasteiger partial charge in [0, 0.05) is 7.05 Å². The van der Waals surface area contributed by atoms with Crippen molar-refractivity contribution in [3.05, 3.63) is 24.2 Å². The largest absolute Gasteiger partial charge is 0.468 e. The Morgan fingerprint density at radius 1 is 1.54 bits per heavy atom. The highest BCUT2D eigenvalue weighted by Crippen LogP contribution is 2.20. The molecule has 0 aliphatic heterocycles. The number of sulfonamides is 1. The minimum Gasteiger partial charge on any atom is -0.468 e. The summed E-state index contributed by atoms with van der Waals surface area (Å²) in [6, 6.07) is 3.24. The molecule has 1 aromatic rings. The minimum absolute atomic E-state index is 0.259. The van der Waals surface area contributed by atoms with E-state index < -0.39 is 10.0 Å². The van der Waals surface area contributed by atoms with Crippen LogP contribution in [0.1, 0.15) is 18.7 Å². The van der Waals surface area contributed by atoms with Crippen LogP contribution in [0.5, 0.6) is 0 Å². The van der Waals surface area contributed by atoms with Crippen LogP contribution in [0, 0.1) is 0 Å². The van der Waals surface area contributed by atoms with Gasteiger partial charge in [0.2, 0.25) is 10.0 Å². The van der Waals surface area contributed by atoms with Gasteiger partial charge in [-0.1, -0.05) is 0 Å². The number of nitrogens with zero attached hydrogens (tertiary/aromatic N) is 1. The highest BCUT2D eigenvalue weighted by Gasteiger charge is 2.21. The second-order valence-corrected chi connectivity index (χ2v) is 5.01. The normalized spacial score (nSPS) is 14.8. The maximum Gasteiger partial charge on any atom is 0.211 e. The standard InChI is InChI=1S/C8H13NO3S/c1-7(8-5-4-6-12-8)9(2)13(3,10)11/h4-7H,1-3H3. The van der Waals surface area contributed by atoms with Crippen LogP contribution < -0.4 is 0 Å². The molecule has 0 N–H and O–H groups in total. The molecule has 0 spiro atoms. The van der Waals surface area contributed by atoms with Crippen LogP contribution in [0.25, 0.3) is 0 Å². The molecule has 0 radical (unpaired) electrons. The first-order valence-corrected chi connectivity index (χ1v) is 5.74. The first-order valence-electron chi connectivity index (χ1n) is 3.89. The summed E-state index contributed by atoms with van der Waals surface area (Å²) in [6.45, 7) is 1.78. The molecule has 0 aromatic carbocycles. The van der Waals surface area contributed by atoms with Gasteiger partial charge in [-0.05, 0) is 19.1 Å². The summed E-state index contributed by atoms with van der Waals surface area (Å²) >= 11 is 0. The fourth-order valence-corrected chi connectivity index (χ4v) is 1.67. The van der Waals surface area contributed by atoms with Crippen molar-refractivity contribution < 1.29 is 12.8 Å². The molecule has 0 fully saturated rings. The molecular formula is C8H13NO3S. The van der Waals surface area contributed by atoms with Crippen molar-refractivity contribution in [2.24, 2.45) is 0 Å². The van der Waals surface area contributed by atoms with E-state index in [0.717, 1.165) is 0 Å². The first kappa shape index (κ1) is 10.3. The van der Waals surface area contributed by atoms with E-state index in [9.17, 15) is 8.42 Å². The summed E-state index contributed by atoms with van der Waals surface area (Å²) in [4.78, 5) is 0. The Hall–Kier alpha value is -0.810. The Morgan fingerprint density at radius 2 is 2.15 bits per heavy atom. The zero-order valence-electron chi connectivity index (χ0n) is 7.89. The highest BCUT2D eigenvalue weighted by atomic mass is 32.2. The molecule has 13 heavy (non-hydrogen) atoms. The van der Waals surface area contributed by atoms with Gasteiger partial charge in [-0.2, -0.15) is 4.31 Å². The maximum atomic E-state index is 11.2. The van der Waals surface area contributed by atoms with Crippen LogP contribution in [0.3, 0.4) is 0 Å². The lowest BCUT2D eigenvalue weighted by molar-refractivity contribution is 0.342. The topological polar surface area (TPSA) is 50.5 Å². The Kier molecular flexibility index (Phi) is 2.77. The summed E-state index contributed by atoms with van der Waals surface area (Å²) in [7, 11) is -1.62. The molecule has 0 bridgehead atoms. The van der Waals surface area contributed by atoms with E-state index >= 15 is 0 Å². The molecular weight excluding hydrogens is 190 g/mol. The van der Waals surface area contributed by atoms with Gasteiger partial charge in [-0.3, -0.25) is 0 Å². The molecule has 4 nitrogen and oxygen atoms in total. The van der Waals surface area contributed by atoms with Crippen LogP contribution in [-0.4, -0.2) is 26.0 Å². The first-order chi connectivity index (χ1) is 5.93. The quantitative estimate of drug-likeness (QED) is 0.742. The Labute approximate surface area is 78.2 Å². The monoisotopic (exact) mass is 203 g/mol.